The highest BCUT2D eigenvalue weighted by atomic mass is 32.1. The summed E-state index contributed by atoms with van der Waals surface area (Å²) < 4.78 is 1.64. The molecule has 0 spiro atoms. The highest BCUT2D eigenvalue weighted by Crippen LogP contribution is 2.19. The number of aryl methyl sites for hydroxylation is 2. The summed E-state index contributed by atoms with van der Waals surface area (Å²) in [4.78, 5) is 12.7. The van der Waals surface area contributed by atoms with E-state index in [4.69, 9.17) is 5.11 Å². The van der Waals surface area contributed by atoms with Crippen molar-refractivity contribution in [3.05, 3.63) is 33.8 Å². The number of rotatable bonds is 2. The minimum absolute atomic E-state index is 0.215. The van der Waals surface area contributed by atoms with Gasteiger partial charge in [-0.2, -0.15) is 5.10 Å². The second-order valence-corrected chi connectivity index (χ2v) is 4.80. The molecule has 19 heavy (non-hydrogen) atoms. The van der Waals surface area contributed by atoms with Crippen LogP contribution >= 0.6 is 11.3 Å². The molecule has 2 heterocycles. The first-order valence-corrected chi connectivity index (χ1v) is 6.48. The fourth-order valence-electron chi connectivity index (χ4n) is 1.62. The van der Waals surface area contributed by atoms with E-state index in [0.29, 0.717) is 16.1 Å². The van der Waals surface area contributed by atoms with Crippen molar-refractivity contribution in [1.82, 2.24) is 9.78 Å². The van der Waals surface area contributed by atoms with Gasteiger partial charge < -0.3 is 10.4 Å². The molecule has 0 aliphatic rings. The van der Waals surface area contributed by atoms with Crippen LogP contribution < -0.4 is 5.32 Å². The number of thiophene rings is 1. The van der Waals surface area contributed by atoms with Crippen molar-refractivity contribution in [3.63, 3.8) is 0 Å². The van der Waals surface area contributed by atoms with E-state index in [1.54, 1.807) is 29.4 Å². The van der Waals surface area contributed by atoms with Crippen molar-refractivity contribution >= 4 is 22.9 Å². The molecule has 0 aliphatic carbocycles. The van der Waals surface area contributed by atoms with Crippen LogP contribution in [0.5, 0.6) is 0 Å². The topological polar surface area (TPSA) is 67.2 Å². The van der Waals surface area contributed by atoms with Gasteiger partial charge in [-0.15, -0.1) is 11.3 Å². The minimum atomic E-state index is -0.224. The Balaban J connectivity index is 2.21. The Labute approximate surface area is 114 Å². The number of amides is 1. The molecule has 0 fully saturated rings. The zero-order chi connectivity index (χ0) is 13.8. The van der Waals surface area contributed by atoms with E-state index in [2.05, 4.69) is 22.3 Å². The Bertz CT molecular complexity index is 661. The monoisotopic (exact) mass is 275 g/mol. The SMILES string of the molecule is Cc1nn(C)cc1NC(=O)c1sccc1C#CCO. The van der Waals surface area contributed by atoms with Gasteiger partial charge in [0.2, 0.25) is 0 Å². The van der Waals surface area contributed by atoms with Crippen molar-refractivity contribution in [2.24, 2.45) is 7.05 Å². The zero-order valence-electron chi connectivity index (χ0n) is 10.6. The van der Waals surface area contributed by atoms with Crippen molar-refractivity contribution < 1.29 is 9.90 Å². The summed E-state index contributed by atoms with van der Waals surface area (Å²) in [5, 5.41) is 17.5. The molecule has 0 saturated carbocycles. The molecule has 0 saturated heterocycles. The molecule has 2 N–H and O–H groups in total. The van der Waals surface area contributed by atoms with Crippen LogP contribution in [0.15, 0.2) is 17.6 Å². The van der Waals surface area contributed by atoms with Gasteiger partial charge in [-0.05, 0) is 18.4 Å². The molecule has 6 heteroatoms. The second kappa shape index (κ2) is 5.69. The number of nitrogens with zero attached hydrogens (tertiary/aromatic N) is 2. The third-order valence-electron chi connectivity index (χ3n) is 2.44. The van der Waals surface area contributed by atoms with Gasteiger partial charge in [0.05, 0.1) is 11.4 Å². The number of hydrogen-bond donors (Lipinski definition) is 2. The molecule has 5 nitrogen and oxygen atoms in total. The summed E-state index contributed by atoms with van der Waals surface area (Å²) in [6.45, 7) is 1.61. The summed E-state index contributed by atoms with van der Waals surface area (Å²) in [7, 11) is 1.80. The van der Waals surface area contributed by atoms with E-state index < -0.39 is 0 Å². The van der Waals surface area contributed by atoms with Gasteiger partial charge in [0, 0.05) is 18.8 Å². The van der Waals surface area contributed by atoms with Crippen molar-refractivity contribution in [1.29, 1.82) is 0 Å². The predicted molar refractivity (Wildman–Crippen MR) is 74.2 cm³/mol. The molecular formula is C13H13N3O2S. The highest BCUT2D eigenvalue weighted by molar-refractivity contribution is 7.12. The smallest absolute Gasteiger partial charge is 0.267 e. The molecule has 2 aromatic heterocycles. The average Bonchev–Trinajstić information content (AvgIpc) is 2.94. The van der Waals surface area contributed by atoms with Crippen LogP contribution in [-0.2, 0) is 7.05 Å². The van der Waals surface area contributed by atoms with Gasteiger partial charge in [0.15, 0.2) is 0 Å². The third-order valence-corrected chi connectivity index (χ3v) is 3.35. The molecule has 0 bridgehead atoms. The van der Waals surface area contributed by atoms with E-state index in [0.717, 1.165) is 5.69 Å². The first-order chi connectivity index (χ1) is 9.11. The van der Waals surface area contributed by atoms with Crippen LogP contribution in [0, 0.1) is 18.8 Å². The van der Waals surface area contributed by atoms with E-state index >= 15 is 0 Å². The van der Waals surface area contributed by atoms with E-state index in [9.17, 15) is 4.79 Å². The quantitative estimate of drug-likeness (QED) is 0.814. The minimum Gasteiger partial charge on any atom is -0.384 e. The molecule has 1 amide bonds. The largest absolute Gasteiger partial charge is 0.384 e. The van der Waals surface area contributed by atoms with Gasteiger partial charge in [-0.1, -0.05) is 11.8 Å². The number of aliphatic hydroxyl groups excluding tert-OH is 1. The van der Waals surface area contributed by atoms with Gasteiger partial charge in [-0.25, -0.2) is 0 Å². The highest BCUT2D eigenvalue weighted by Gasteiger charge is 2.14. The van der Waals surface area contributed by atoms with E-state index in [1.165, 1.54) is 11.3 Å². The number of anilines is 1. The third kappa shape index (κ3) is 3.02. The predicted octanol–water partition coefficient (Wildman–Crippen LogP) is 1.39. The van der Waals surface area contributed by atoms with E-state index in [1.807, 2.05) is 6.92 Å². The first kappa shape index (κ1) is 13.3. The van der Waals surface area contributed by atoms with Crippen LogP contribution in [0.1, 0.15) is 20.9 Å². The second-order valence-electron chi connectivity index (χ2n) is 3.88. The zero-order valence-corrected chi connectivity index (χ0v) is 11.4. The van der Waals surface area contributed by atoms with Crippen LogP contribution in [0.25, 0.3) is 0 Å². The molecule has 2 rings (SSSR count). The molecule has 0 unspecified atom stereocenters. The van der Waals surface area contributed by atoms with Crippen LogP contribution in [0.2, 0.25) is 0 Å². The summed E-state index contributed by atoms with van der Waals surface area (Å²) in [6.07, 6.45) is 1.75. The van der Waals surface area contributed by atoms with Crippen LogP contribution in [0.4, 0.5) is 5.69 Å². The molecule has 0 aliphatic heterocycles. The van der Waals surface area contributed by atoms with Gasteiger partial charge in [0.25, 0.3) is 5.91 Å². The Morgan fingerprint density at radius 3 is 3.05 bits per heavy atom. The Hall–Kier alpha value is -2.10. The van der Waals surface area contributed by atoms with Crippen LogP contribution in [0.3, 0.4) is 0 Å². The fourth-order valence-corrected chi connectivity index (χ4v) is 2.36. The number of aliphatic hydroxyl groups is 1. The summed E-state index contributed by atoms with van der Waals surface area (Å²) in [5.74, 6) is 5.08. The fraction of sp³-hybridized carbons (Fsp3) is 0.231. The maximum atomic E-state index is 12.2. The first-order valence-electron chi connectivity index (χ1n) is 5.60. The number of hydrogen-bond acceptors (Lipinski definition) is 4. The average molecular weight is 275 g/mol. The summed E-state index contributed by atoms with van der Waals surface area (Å²) >= 11 is 1.32. The molecule has 0 aromatic carbocycles. The van der Waals surface area contributed by atoms with Gasteiger partial charge in [0.1, 0.15) is 11.5 Å². The summed E-state index contributed by atoms with van der Waals surface area (Å²) in [6, 6.07) is 1.76. The Morgan fingerprint density at radius 1 is 1.63 bits per heavy atom. The molecular weight excluding hydrogens is 262 g/mol. The molecule has 0 atom stereocenters. The normalized spacial score (nSPS) is 9.84. The number of nitrogens with one attached hydrogen (secondary N) is 1. The Kier molecular flexibility index (Phi) is 4.00. The number of aromatic nitrogens is 2. The lowest BCUT2D eigenvalue weighted by Gasteiger charge is -2.01. The summed E-state index contributed by atoms with van der Waals surface area (Å²) in [5.41, 5.74) is 2.07. The molecule has 2 aromatic rings. The number of carbonyl (C=O) groups is 1. The number of carbonyl (C=O) groups excluding carboxylic acids is 1. The Morgan fingerprint density at radius 2 is 2.42 bits per heavy atom. The van der Waals surface area contributed by atoms with Crippen molar-refractivity contribution in [3.8, 4) is 11.8 Å². The molecule has 0 radical (unpaired) electrons. The lowest BCUT2D eigenvalue weighted by Crippen LogP contribution is -2.11. The lowest BCUT2D eigenvalue weighted by atomic mass is 10.2. The van der Waals surface area contributed by atoms with Crippen molar-refractivity contribution in [2.75, 3.05) is 11.9 Å². The standard InChI is InChI=1S/C13H13N3O2S/c1-9-11(8-16(2)15-9)14-13(18)12-10(4-3-6-17)5-7-19-12/h5,7-8,17H,6H2,1-2H3,(H,14,18). The van der Waals surface area contributed by atoms with E-state index in [-0.39, 0.29) is 12.5 Å². The van der Waals surface area contributed by atoms with Crippen molar-refractivity contribution in [2.45, 2.75) is 6.92 Å². The van der Waals surface area contributed by atoms with Crippen LogP contribution in [-0.4, -0.2) is 27.4 Å². The van der Waals surface area contributed by atoms with Gasteiger partial charge >= 0.3 is 0 Å². The molecule has 98 valence electrons. The lowest BCUT2D eigenvalue weighted by molar-refractivity contribution is 0.103. The van der Waals surface area contributed by atoms with Gasteiger partial charge in [-0.3, -0.25) is 9.48 Å². The maximum absolute atomic E-state index is 12.2. The maximum Gasteiger partial charge on any atom is 0.267 e.